The van der Waals surface area contributed by atoms with E-state index in [1.165, 1.54) is 0 Å². The summed E-state index contributed by atoms with van der Waals surface area (Å²) < 4.78 is 1.65. The highest BCUT2D eigenvalue weighted by Crippen LogP contribution is 2.26. The number of nitrogens with one attached hydrogen (secondary N) is 1. The lowest BCUT2D eigenvalue weighted by Crippen LogP contribution is -2.27. The smallest absolute Gasteiger partial charge is 0.229 e. The average Bonchev–Trinajstić information content (AvgIpc) is 3.17. The molecule has 0 fully saturated rings. The van der Waals surface area contributed by atoms with Crippen molar-refractivity contribution in [3.05, 3.63) is 84.2 Å². The van der Waals surface area contributed by atoms with Crippen LogP contribution in [-0.2, 0) is 4.79 Å². The number of hydrogen-bond acceptors (Lipinski definition) is 4. The normalized spacial score (nSPS) is 11.4. The minimum absolute atomic E-state index is 0.0608. The third-order valence-corrected chi connectivity index (χ3v) is 4.78. The van der Waals surface area contributed by atoms with Crippen LogP contribution >= 0.6 is 0 Å². The van der Waals surface area contributed by atoms with Crippen LogP contribution in [-0.4, -0.2) is 26.3 Å². The van der Waals surface area contributed by atoms with Gasteiger partial charge in [-0.15, -0.1) is 0 Å². The predicted molar refractivity (Wildman–Crippen MR) is 116 cm³/mol. The molecular formula is C24H22N4O2. The van der Waals surface area contributed by atoms with E-state index in [4.69, 9.17) is 0 Å². The van der Waals surface area contributed by atoms with Gasteiger partial charge in [0.15, 0.2) is 11.4 Å². The Balaban J connectivity index is 1.73. The summed E-state index contributed by atoms with van der Waals surface area (Å²) >= 11 is 0. The van der Waals surface area contributed by atoms with Gasteiger partial charge in [0.2, 0.25) is 5.91 Å². The minimum Gasteiger partial charge on any atom is -0.326 e. The topological polar surface area (TPSA) is 76.4 Å². The van der Waals surface area contributed by atoms with Crippen LogP contribution in [0.5, 0.6) is 0 Å². The number of nitrogens with zero attached hydrogens (tertiary/aromatic N) is 3. The van der Waals surface area contributed by atoms with Crippen molar-refractivity contribution in [3.63, 3.8) is 0 Å². The van der Waals surface area contributed by atoms with E-state index in [1.807, 2.05) is 69.3 Å². The van der Waals surface area contributed by atoms with Crippen molar-refractivity contribution < 1.29 is 9.59 Å². The second kappa shape index (κ2) is 7.55. The Kier molecular flexibility index (Phi) is 4.91. The van der Waals surface area contributed by atoms with Gasteiger partial charge >= 0.3 is 0 Å². The van der Waals surface area contributed by atoms with Crippen LogP contribution < -0.4 is 5.32 Å². The lowest BCUT2D eigenvalue weighted by Gasteiger charge is -2.18. The predicted octanol–water partition coefficient (Wildman–Crippen LogP) is 4.61. The number of hydrogen-bond donors (Lipinski definition) is 1. The van der Waals surface area contributed by atoms with E-state index in [9.17, 15) is 9.59 Å². The third-order valence-electron chi connectivity index (χ3n) is 4.78. The monoisotopic (exact) mass is 398 g/mol. The number of benzene rings is 2. The summed E-state index contributed by atoms with van der Waals surface area (Å²) in [5.74, 6) is -0.184. The summed E-state index contributed by atoms with van der Waals surface area (Å²) in [6, 6.07) is 18.5. The summed E-state index contributed by atoms with van der Waals surface area (Å²) in [5.41, 5.74) is 3.37. The Hall–Kier alpha value is -3.80. The summed E-state index contributed by atoms with van der Waals surface area (Å²) in [7, 11) is 0. The molecule has 1 amide bonds. The van der Waals surface area contributed by atoms with Crippen LogP contribution in [0.2, 0.25) is 0 Å². The van der Waals surface area contributed by atoms with Crippen LogP contribution in [0.15, 0.2) is 73.1 Å². The maximum absolute atomic E-state index is 12.9. The maximum Gasteiger partial charge on any atom is 0.229 e. The molecule has 0 aliphatic heterocycles. The number of ketones is 1. The van der Waals surface area contributed by atoms with Crippen molar-refractivity contribution in [1.82, 2.24) is 14.6 Å². The second-order valence-corrected chi connectivity index (χ2v) is 8.10. The molecule has 0 spiro atoms. The zero-order valence-electron chi connectivity index (χ0n) is 17.1. The number of fused-ring (bicyclic) bond motifs is 1. The first-order chi connectivity index (χ1) is 14.3. The number of amides is 1. The molecule has 30 heavy (non-hydrogen) atoms. The molecule has 6 heteroatoms. The Morgan fingerprint density at radius 2 is 1.73 bits per heavy atom. The lowest BCUT2D eigenvalue weighted by molar-refractivity contribution is -0.123. The fourth-order valence-corrected chi connectivity index (χ4v) is 3.09. The van der Waals surface area contributed by atoms with Crippen molar-refractivity contribution in [1.29, 1.82) is 0 Å². The van der Waals surface area contributed by atoms with Crippen molar-refractivity contribution >= 4 is 23.0 Å². The standard InChI is InChI=1S/C24H22N4O2/c1-24(2,3)23(30)27-18-11-7-10-17(14-18)20-12-13-25-22-19(15-26-28(20)22)21(29)16-8-5-4-6-9-16/h4-15H,1-3H3,(H,27,30). The fraction of sp³-hybridized carbons (Fsp3) is 0.167. The maximum atomic E-state index is 12.9. The molecule has 6 nitrogen and oxygen atoms in total. The Morgan fingerprint density at radius 1 is 0.967 bits per heavy atom. The van der Waals surface area contributed by atoms with E-state index in [2.05, 4.69) is 15.4 Å². The quantitative estimate of drug-likeness (QED) is 0.509. The lowest BCUT2D eigenvalue weighted by atomic mass is 9.95. The van der Waals surface area contributed by atoms with Gasteiger partial charge in [0.1, 0.15) is 0 Å². The largest absolute Gasteiger partial charge is 0.326 e. The van der Waals surface area contributed by atoms with Crippen molar-refractivity contribution in [3.8, 4) is 11.3 Å². The molecule has 4 rings (SSSR count). The molecule has 0 aliphatic rings. The van der Waals surface area contributed by atoms with E-state index in [-0.39, 0.29) is 11.7 Å². The van der Waals surface area contributed by atoms with Gasteiger partial charge in [-0.3, -0.25) is 9.59 Å². The van der Waals surface area contributed by atoms with Crippen molar-refractivity contribution in [2.24, 2.45) is 5.41 Å². The number of carbonyl (C=O) groups excluding carboxylic acids is 2. The van der Waals surface area contributed by atoms with E-state index in [1.54, 1.807) is 29.0 Å². The molecule has 2 heterocycles. The first-order valence-electron chi connectivity index (χ1n) is 9.69. The van der Waals surface area contributed by atoms with Crippen LogP contribution in [0, 0.1) is 5.41 Å². The molecule has 0 unspecified atom stereocenters. The Morgan fingerprint density at radius 3 is 2.47 bits per heavy atom. The molecule has 4 aromatic rings. The van der Waals surface area contributed by atoms with Gasteiger partial charge in [0, 0.05) is 28.4 Å². The summed E-state index contributed by atoms with van der Waals surface area (Å²) in [6.07, 6.45) is 3.21. The van der Waals surface area contributed by atoms with E-state index >= 15 is 0 Å². The zero-order chi connectivity index (χ0) is 21.3. The average molecular weight is 398 g/mol. The summed E-state index contributed by atoms with van der Waals surface area (Å²) in [4.78, 5) is 29.6. The van der Waals surface area contributed by atoms with E-state index in [0.29, 0.717) is 22.5 Å². The second-order valence-electron chi connectivity index (χ2n) is 8.10. The molecule has 0 bridgehead atoms. The van der Waals surface area contributed by atoms with Gasteiger partial charge < -0.3 is 5.32 Å². The molecule has 0 radical (unpaired) electrons. The van der Waals surface area contributed by atoms with Crippen LogP contribution in [0.3, 0.4) is 0 Å². The first-order valence-corrected chi connectivity index (χ1v) is 9.69. The van der Waals surface area contributed by atoms with E-state index < -0.39 is 5.41 Å². The summed E-state index contributed by atoms with van der Waals surface area (Å²) in [6.45, 7) is 5.61. The fourth-order valence-electron chi connectivity index (χ4n) is 3.09. The SMILES string of the molecule is CC(C)(C)C(=O)Nc1cccc(-c2ccnc3c(C(=O)c4ccccc4)cnn23)c1. The molecule has 0 aliphatic carbocycles. The Bertz CT molecular complexity index is 1240. The highest BCUT2D eigenvalue weighted by atomic mass is 16.2. The molecule has 2 aromatic heterocycles. The minimum atomic E-state index is -0.491. The Labute approximate surface area is 174 Å². The number of carbonyl (C=O) groups is 2. The molecule has 0 saturated carbocycles. The number of anilines is 1. The molecule has 2 aromatic carbocycles. The van der Waals surface area contributed by atoms with Gasteiger partial charge in [-0.1, -0.05) is 63.2 Å². The van der Waals surface area contributed by atoms with Crippen LogP contribution in [0.25, 0.3) is 16.9 Å². The van der Waals surface area contributed by atoms with Gasteiger partial charge in [0.05, 0.1) is 17.5 Å². The summed E-state index contributed by atoms with van der Waals surface area (Å²) in [5, 5.41) is 7.36. The van der Waals surface area contributed by atoms with E-state index in [0.717, 1.165) is 11.3 Å². The van der Waals surface area contributed by atoms with Gasteiger partial charge in [-0.2, -0.15) is 5.10 Å². The van der Waals surface area contributed by atoms with Gasteiger partial charge in [-0.05, 0) is 18.2 Å². The number of aromatic nitrogens is 3. The van der Waals surface area contributed by atoms with Crippen molar-refractivity contribution in [2.45, 2.75) is 20.8 Å². The number of rotatable bonds is 4. The first kappa shape index (κ1) is 19.5. The van der Waals surface area contributed by atoms with Gasteiger partial charge in [-0.25, -0.2) is 9.50 Å². The van der Waals surface area contributed by atoms with Gasteiger partial charge in [0.25, 0.3) is 0 Å². The van der Waals surface area contributed by atoms with Crippen LogP contribution in [0.4, 0.5) is 5.69 Å². The van der Waals surface area contributed by atoms with Crippen molar-refractivity contribution in [2.75, 3.05) is 5.32 Å². The molecular weight excluding hydrogens is 376 g/mol. The highest BCUT2D eigenvalue weighted by Gasteiger charge is 2.21. The molecule has 0 saturated heterocycles. The highest BCUT2D eigenvalue weighted by molar-refractivity contribution is 6.12. The zero-order valence-corrected chi connectivity index (χ0v) is 17.1. The molecule has 150 valence electrons. The molecule has 1 N–H and O–H groups in total. The third kappa shape index (κ3) is 3.72. The molecule has 0 atom stereocenters. The van der Waals surface area contributed by atoms with Crippen LogP contribution in [0.1, 0.15) is 36.7 Å².